The smallest absolute Gasteiger partial charge is 0.410 e. The van der Waals surface area contributed by atoms with Gasteiger partial charge in [0.05, 0.1) is 6.54 Å². The minimum absolute atomic E-state index is 0.109. The minimum Gasteiger partial charge on any atom is -0.489 e. The van der Waals surface area contributed by atoms with E-state index >= 15 is 0 Å². The third kappa shape index (κ3) is 3.90. The number of nitrogens with zero attached hydrogens (tertiary/aromatic N) is 1. The van der Waals surface area contributed by atoms with Crippen molar-refractivity contribution in [1.29, 1.82) is 0 Å². The molecule has 1 aromatic carbocycles. The second-order valence-corrected chi connectivity index (χ2v) is 7.90. The van der Waals surface area contributed by atoms with Gasteiger partial charge in [0.15, 0.2) is 6.10 Å². The number of hydrogen-bond donors (Lipinski definition) is 2. The molecule has 2 N–H and O–H groups in total. The molecule has 3 aliphatic rings. The summed E-state index contributed by atoms with van der Waals surface area (Å²) in [6, 6.07) is 6.87. The number of carbonyl (C=O) groups excluding carboxylic acids is 1. The molecular formula is C21H29N3O3. The monoisotopic (exact) mass is 371 g/mol. The molecular weight excluding hydrogens is 342 g/mol. The normalized spacial score (nSPS) is 24.9. The standard InChI is InChI=1S/C21H29N3O3/c1-14(2)24-12-16(27-21(24)25)13-26-19-9-5-8-18-17(19)10-11-22-20(18)23-15-6-3-4-7-15/h5,8-11,14-16,20,22-23H,3-4,6-7,12-13H2,1-2H3. The summed E-state index contributed by atoms with van der Waals surface area (Å²) in [6.07, 6.45) is 8.77. The molecule has 0 radical (unpaired) electrons. The highest BCUT2D eigenvalue weighted by Crippen LogP contribution is 2.32. The molecule has 1 saturated carbocycles. The van der Waals surface area contributed by atoms with Crippen LogP contribution in [-0.2, 0) is 4.74 Å². The molecule has 2 unspecified atom stereocenters. The lowest BCUT2D eigenvalue weighted by Gasteiger charge is -2.28. The molecule has 0 aromatic heterocycles. The molecule has 2 fully saturated rings. The van der Waals surface area contributed by atoms with Crippen molar-refractivity contribution in [1.82, 2.24) is 15.5 Å². The average Bonchev–Trinajstić information content (AvgIpc) is 3.30. The Bertz CT molecular complexity index is 713. The second-order valence-electron chi connectivity index (χ2n) is 7.90. The van der Waals surface area contributed by atoms with Crippen molar-refractivity contribution < 1.29 is 14.3 Å². The molecule has 6 heteroatoms. The van der Waals surface area contributed by atoms with Crippen LogP contribution in [0.5, 0.6) is 5.75 Å². The molecule has 0 spiro atoms. The first-order valence-corrected chi connectivity index (χ1v) is 10.0. The van der Waals surface area contributed by atoms with Crippen LogP contribution in [0.1, 0.15) is 56.8 Å². The van der Waals surface area contributed by atoms with E-state index in [1.165, 1.54) is 31.2 Å². The Labute approximate surface area is 160 Å². The Balaban J connectivity index is 1.42. The van der Waals surface area contributed by atoms with E-state index in [2.05, 4.69) is 22.8 Å². The SMILES string of the molecule is CC(C)N1CC(COc2cccc3c2C=CNC3NC2CCCC2)OC1=O. The van der Waals surface area contributed by atoms with Crippen LogP contribution in [0.25, 0.3) is 6.08 Å². The van der Waals surface area contributed by atoms with Crippen LogP contribution in [0.3, 0.4) is 0 Å². The van der Waals surface area contributed by atoms with Gasteiger partial charge in [-0.2, -0.15) is 0 Å². The first-order valence-electron chi connectivity index (χ1n) is 10.0. The van der Waals surface area contributed by atoms with E-state index in [4.69, 9.17) is 9.47 Å². The van der Waals surface area contributed by atoms with Crippen molar-refractivity contribution in [2.75, 3.05) is 13.2 Å². The molecule has 2 heterocycles. The molecule has 2 atom stereocenters. The molecule has 0 bridgehead atoms. The van der Waals surface area contributed by atoms with Crippen LogP contribution in [0.4, 0.5) is 4.79 Å². The number of carbonyl (C=O) groups is 1. The number of fused-ring (bicyclic) bond motifs is 1. The van der Waals surface area contributed by atoms with Gasteiger partial charge < -0.3 is 19.7 Å². The maximum Gasteiger partial charge on any atom is 0.410 e. The Morgan fingerprint density at radius 3 is 2.89 bits per heavy atom. The Morgan fingerprint density at radius 1 is 1.33 bits per heavy atom. The number of nitrogens with one attached hydrogen (secondary N) is 2. The Morgan fingerprint density at radius 2 is 2.15 bits per heavy atom. The minimum atomic E-state index is -0.251. The van der Waals surface area contributed by atoms with Crippen LogP contribution in [0.15, 0.2) is 24.4 Å². The predicted octanol–water partition coefficient (Wildman–Crippen LogP) is 3.40. The van der Waals surface area contributed by atoms with Gasteiger partial charge in [-0.3, -0.25) is 5.32 Å². The van der Waals surface area contributed by atoms with Crippen molar-refractivity contribution in [3.8, 4) is 5.75 Å². The molecule has 146 valence electrons. The van der Waals surface area contributed by atoms with Gasteiger partial charge in [0, 0.05) is 17.6 Å². The highest BCUT2D eigenvalue weighted by Gasteiger charge is 2.33. The van der Waals surface area contributed by atoms with Crippen molar-refractivity contribution in [3.05, 3.63) is 35.5 Å². The van der Waals surface area contributed by atoms with Gasteiger partial charge in [0.2, 0.25) is 0 Å². The lowest BCUT2D eigenvalue weighted by atomic mass is 10.0. The van der Waals surface area contributed by atoms with Crippen LogP contribution in [-0.4, -0.2) is 42.3 Å². The quantitative estimate of drug-likeness (QED) is 0.802. The zero-order chi connectivity index (χ0) is 18.8. The number of amides is 1. The van der Waals surface area contributed by atoms with E-state index in [0.29, 0.717) is 19.2 Å². The van der Waals surface area contributed by atoms with Gasteiger partial charge in [-0.25, -0.2) is 4.79 Å². The van der Waals surface area contributed by atoms with Crippen LogP contribution in [0, 0.1) is 0 Å². The van der Waals surface area contributed by atoms with Crippen molar-refractivity contribution >= 4 is 12.2 Å². The molecule has 1 aromatic rings. The predicted molar refractivity (Wildman–Crippen MR) is 104 cm³/mol. The highest BCUT2D eigenvalue weighted by atomic mass is 16.6. The Kier molecular flexibility index (Phi) is 5.25. The van der Waals surface area contributed by atoms with Gasteiger partial charge in [0.25, 0.3) is 0 Å². The van der Waals surface area contributed by atoms with Crippen LogP contribution < -0.4 is 15.4 Å². The summed E-state index contributed by atoms with van der Waals surface area (Å²) in [5, 5.41) is 7.16. The number of rotatable bonds is 6. The molecule has 6 nitrogen and oxygen atoms in total. The summed E-state index contributed by atoms with van der Waals surface area (Å²) < 4.78 is 11.5. The van der Waals surface area contributed by atoms with Gasteiger partial charge in [0.1, 0.15) is 18.5 Å². The van der Waals surface area contributed by atoms with E-state index in [9.17, 15) is 4.79 Å². The lowest BCUT2D eigenvalue weighted by Crippen LogP contribution is -2.39. The zero-order valence-corrected chi connectivity index (χ0v) is 16.1. The number of ether oxygens (including phenoxy) is 2. The molecule has 1 aliphatic carbocycles. The fourth-order valence-electron chi connectivity index (χ4n) is 4.13. The fourth-order valence-corrected chi connectivity index (χ4v) is 4.13. The average molecular weight is 371 g/mol. The van der Waals surface area contributed by atoms with Crippen LogP contribution >= 0.6 is 0 Å². The Hall–Kier alpha value is -2.21. The number of benzene rings is 1. The summed E-state index contributed by atoms with van der Waals surface area (Å²) in [6.45, 7) is 4.93. The maximum atomic E-state index is 11.9. The summed E-state index contributed by atoms with van der Waals surface area (Å²) in [4.78, 5) is 13.6. The molecule has 4 rings (SSSR count). The van der Waals surface area contributed by atoms with Gasteiger partial charge in [-0.1, -0.05) is 25.0 Å². The maximum absolute atomic E-state index is 11.9. The van der Waals surface area contributed by atoms with E-state index < -0.39 is 0 Å². The molecule has 27 heavy (non-hydrogen) atoms. The van der Waals surface area contributed by atoms with E-state index in [-0.39, 0.29) is 24.4 Å². The van der Waals surface area contributed by atoms with E-state index in [1.807, 2.05) is 32.2 Å². The summed E-state index contributed by atoms with van der Waals surface area (Å²) in [5.41, 5.74) is 2.30. The number of cyclic esters (lactones) is 1. The lowest BCUT2D eigenvalue weighted by molar-refractivity contribution is 0.102. The first kappa shape index (κ1) is 18.2. The summed E-state index contributed by atoms with van der Waals surface area (Å²) in [7, 11) is 0. The van der Waals surface area contributed by atoms with Gasteiger partial charge in [-0.15, -0.1) is 0 Å². The first-order chi connectivity index (χ1) is 13.1. The topological polar surface area (TPSA) is 62.8 Å². The summed E-state index contributed by atoms with van der Waals surface area (Å²) >= 11 is 0. The summed E-state index contributed by atoms with van der Waals surface area (Å²) in [5.74, 6) is 0.836. The molecule has 1 amide bonds. The third-order valence-corrected chi connectivity index (χ3v) is 5.63. The molecule has 2 aliphatic heterocycles. The van der Waals surface area contributed by atoms with Crippen molar-refractivity contribution in [2.45, 2.75) is 63.9 Å². The largest absolute Gasteiger partial charge is 0.489 e. The van der Waals surface area contributed by atoms with Crippen molar-refractivity contribution in [3.63, 3.8) is 0 Å². The zero-order valence-electron chi connectivity index (χ0n) is 16.1. The second kappa shape index (κ2) is 7.80. The van der Waals surface area contributed by atoms with Crippen LogP contribution in [0.2, 0.25) is 0 Å². The van der Waals surface area contributed by atoms with Crippen molar-refractivity contribution in [2.24, 2.45) is 0 Å². The number of hydrogen-bond acceptors (Lipinski definition) is 5. The van der Waals surface area contributed by atoms with Gasteiger partial charge >= 0.3 is 6.09 Å². The van der Waals surface area contributed by atoms with E-state index in [0.717, 1.165) is 11.3 Å². The van der Waals surface area contributed by atoms with E-state index in [1.54, 1.807) is 4.90 Å². The molecule has 1 saturated heterocycles. The van der Waals surface area contributed by atoms with Gasteiger partial charge in [-0.05, 0) is 50.6 Å². The fraction of sp³-hybridized carbons (Fsp3) is 0.571. The highest BCUT2D eigenvalue weighted by molar-refractivity contribution is 5.70. The third-order valence-electron chi connectivity index (χ3n) is 5.63.